The smallest absolute Gasteiger partial charge is 0.110 e. The fourth-order valence-corrected chi connectivity index (χ4v) is 2.74. The monoisotopic (exact) mass is 254 g/mol. The summed E-state index contributed by atoms with van der Waals surface area (Å²) in [7, 11) is 0. The van der Waals surface area contributed by atoms with Crippen molar-refractivity contribution in [3.63, 3.8) is 0 Å². The number of rotatable bonds is 1. The molecule has 0 spiro atoms. The van der Waals surface area contributed by atoms with E-state index in [-0.39, 0.29) is 0 Å². The van der Waals surface area contributed by atoms with Crippen molar-refractivity contribution in [3.8, 4) is 0 Å². The van der Waals surface area contributed by atoms with E-state index in [0.717, 1.165) is 16.9 Å². The van der Waals surface area contributed by atoms with Crippen molar-refractivity contribution in [2.75, 3.05) is 0 Å². The van der Waals surface area contributed by atoms with Crippen LogP contribution in [0.1, 0.15) is 37.4 Å². The van der Waals surface area contributed by atoms with Gasteiger partial charge in [0.1, 0.15) is 5.82 Å². The van der Waals surface area contributed by atoms with E-state index in [1.165, 1.54) is 25.7 Å². The first kappa shape index (κ1) is 10.4. The van der Waals surface area contributed by atoms with Gasteiger partial charge in [0.05, 0.1) is 21.1 Å². The van der Waals surface area contributed by atoms with Crippen LogP contribution in [0.4, 0.5) is 0 Å². The van der Waals surface area contributed by atoms with Gasteiger partial charge in [-0.15, -0.1) is 0 Å². The lowest BCUT2D eigenvalue weighted by atomic mass is 10.1. The predicted octanol–water partition coefficient (Wildman–Crippen LogP) is 4.53. The molecule has 84 valence electrons. The van der Waals surface area contributed by atoms with Crippen molar-refractivity contribution in [2.24, 2.45) is 0 Å². The highest BCUT2D eigenvalue weighted by molar-refractivity contribution is 6.42. The van der Waals surface area contributed by atoms with E-state index < -0.39 is 0 Å². The Morgan fingerprint density at radius 1 is 1.12 bits per heavy atom. The molecule has 0 bridgehead atoms. The molecule has 1 saturated carbocycles. The van der Waals surface area contributed by atoms with Gasteiger partial charge < -0.3 is 4.98 Å². The zero-order valence-corrected chi connectivity index (χ0v) is 10.3. The quantitative estimate of drug-likeness (QED) is 0.796. The number of aromatic amines is 1. The van der Waals surface area contributed by atoms with E-state index in [9.17, 15) is 0 Å². The minimum atomic E-state index is 0.568. The third-order valence-electron chi connectivity index (χ3n) is 3.28. The molecule has 2 aromatic rings. The molecule has 4 heteroatoms. The molecule has 0 unspecified atom stereocenters. The summed E-state index contributed by atoms with van der Waals surface area (Å²) in [4.78, 5) is 7.95. The van der Waals surface area contributed by atoms with Gasteiger partial charge >= 0.3 is 0 Å². The van der Waals surface area contributed by atoms with Crippen molar-refractivity contribution in [1.82, 2.24) is 9.97 Å². The zero-order chi connectivity index (χ0) is 11.1. The summed E-state index contributed by atoms with van der Waals surface area (Å²) in [6, 6.07) is 3.68. The van der Waals surface area contributed by atoms with Crippen LogP contribution in [-0.4, -0.2) is 9.97 Å². The summed E-state index contributed by atoms with van der Waals surface area (Å²) < 4.78 is 0. The molecule has 16 heavy (non-hydrogen) atoms. The molecule has 1 aromatic carbocycles. The first-order valence-corrected chi connectivity index (χ1v) is 6.34. The molecule has 1 fully saturated rings. The van der Waals surface area contributed by atoms with Gasteiger partial charge in [0, 0.05) is 5.92 Å². The van der Waals surface area contributed by atoms with Crippen LogP contribution in [0.3, 0.4) is 0 Å². The molecule has 0 saturated heterocycles. The second-order valence-electron chi connectivity index (χ2n) is 4.39. The molecular weight excluding hydrogens is 243 g/mol. The van der Waals surface area contributed by atoms with E-state index in [1.807, 2.05) is 12.1 Å². The number of nitrogens with one attached hydrogen (secondary N) is 1. The highest BCUT2D eigenvalue weighted by Gasteiger charge is 2.20. The Kier molecular flexibility index (Phi) is 2.56. The van der Waals surface area contributed by atoms with Crippen LogP contribution in [0.15, 0.2) is 12.1 Å². The Bertz CT molecular complexity index is 488. The van der Waals surface area contributed by atoms with Gasteiger partial charge in [-0.2, -0.15) is 0 Å². The van der Waals surface area contributed by atoms with Crippen molar-refractivity contribution in [3.05, 3.63) is 28.0 Å². The number of H-pyrrole nitrogens is 1. The topological polar surface area (TPSA) is 28.7 Å². The fraction of sp³-hybridized carbons (Fsp3) is 0.417. The lowest BCUT2D eigenvalue weighted by molar-refractivity contribution is 0.681. The van der Waals surface area contributed by atoms with Gasteiger partial charge in [0.25, 0.3) is 0 Å². The third kappa shape index (κ3) is 1.70. The van der Waals surface area contributed by atoms with Gasteiger partial charge in [-0.05, 0) is 25.0 Å². The molecule has 1 heterocycles. The summed E-state index contributed by atoms with van der Waals surface area (Å²) in [6.45, 7) is 0. The number of nitrogens with zero attached hydrogens (tertiary/aromatic N) is 1. The fourth-order valence-electron chi connectivity index (χ4n) is 2.42. The van der Waals surface area contributed by atoms with E-state index >= 15 is 0 Å². The van der Waals surface area contributed by atoms with Crippen LogP contribution in [0.25, 0.3) is 11.0 Å². The van der Waals surface area contributed by atoms with Crippen LogP contribution in [0, 0.1) is 0 Å². The minimum Gasteiger partial charge on any atom is -0.342 e. The molecule has 3 rings (SSSR count). The number of hydrogen-bond acceptors (Lipinski definition) is 1. The molecule has 0 amide bonds. The van der Waals surface area contributed by atoms with Crippen LogP contribution in [-0.2, 0) is 0 Å². The van der Waals surface area contributed by atoms with E-state index in [0.29, 0.717) is 16.0 Å². The third-order valence-corrected chi connectivity index (χ3v) is 4.01. The molecule has 1 aromatic heterocycles. The van der Waals surface area contributed by atoms with Gasteiger partial charge in [0.15, 0.2) is 0 Å². The summed E-state index contributed by atoms with van der Waals surface area (Å²) in [5.74, 6) is 1.68. The largest absolute Gasteiger partial charge is 0.342 e. The standard InChI is InChI=1S/C12H12Cl2N2/c13-8-5-10-11(6-9(8)14)16-12(15-10)7-3-1-2-4-7/h5-7H,1-4H2,(H,15,16). The van der Waals surface area contributed by atoms with Gasteiger partial charge in [-0.3, -0.25) is 0 Å². The average Bonchev–Trinajstić information content (AvgIpc) is 2.86. The maximum Gasteiger partial charge on any atom is 0.110 e. The highest BCUT2D eigenvalue weighted by Crippen LogP contribution is 2.34. The number of benzene rings is 1. The second-order valence-corrected chi connectivity index (χ2v) is 5.20. The number of aromatic nitrogens is 2. The molecule has 1 aliphatic carbocycles. The normalized spacial score (nSPS) is 17.4. The van der Waals surface area contributed by atoms with Crippen LogP contribution >= 0.6 is 23.2 Å². The van der Waals surface area contributed by atoms with Crippen LogP contribution in [0.2, 0.25) is 10.0 Å². The van der Waals surface area contributed by atoms with Crippen molar-refractivity contribution in [2.45, 2.75) is 31.6 Å². The molecule has 1 N–H and O–H groups in total. The van der Waals surface area contributed by atoms with E-state index in [2.05, 4.69) is 9.97 Å². The van der Waals surface area contributed by atoms with Gasteiger partial charge in [-0.25, -0.2) is 4.98 Å². The maximum absolute atomic E-state index is 5.98. The van der Waals surface area contributed by atoms with Crippen molar-refractivity contribution >= 4 is 34.2 Å². The predicted molar refractivity (Wildman–Crippen MR) is 67.3 cm³/mol. The summed E-state index contributed by atoms with van der Waals surface area (Å²) in [5, 5.41) is 1.15. The highest BCUT2D eigenvalue weighted by atomic mass is 35.5. The Hall–Kier alpha value is -0.730. The molecular formula is C12H12Cl2N2. The average molecular weight is 255 g/mol. The SMILES string of the molecule is Clc1cc2nc(C3CCCC3)[nH]c2cc1Cl. The molecule has 0 radical (unpaired) electrons. The van der Waals surface area contributed by atoms with Gasteiger partial charge in [0.2, 0.25) is 0 Å². The minimum absolute atomic E-state index is 0.568. The zero-order valence-electron chi connectivity index (χ0n) is 8.76. The summed E-state index contributed by atoms with van der Waals surface area (Å²) in [5.41, 5.74) is 1.90. The molecule has 1 aliphatic rings. The maximum atomic E-state index is 5.98. The lowest BCUT2D eigenvalue weighted by Gasteiger charge is -2.02. The van der Waals surface area contributed by atoms with E-state index in [1.54, 1.807) is 0 Å². The van der Waals surface area contributed by atoms with E-state index in [4.69, 9.17) is 23.2 Å². The lowest BCUT2D eigenvalue weighted by Crippen LogP contribution is -1.93. The molecule has 0 aliphatic heterocycles. The Balaban J connectivity index is 2.08. The molecule has 0 atom stereocenters. The van der Waals surface area contributed by atoms with Crippen LogP contribution < -0.4 is 0 Å². The summed E-state index contributed by atoms with van der Waals surface area (Å²) in [6.07, 6.45) is 5.09. The summed E-state index contributed by atoms with van der Waals surface area (Å²) >= 11 is 11.9. The number of imidazole rings is 1. The van der Waals surface area contributed by atoms with Gasteiger partial charge in [-0.1, -0.05) is 36.0 Å². The van der Waals surface area contributed by atoms with Crippen molar-refractivity contribution < 1.29 is 0 Å². The van der Waals surface area contributed by atoms with Crippen molar-refractivity contribution in [1.29, 1.82) is 0 Å². The Morgan fingerprint density at radius 2 is 1.81 bits per heavy atom. The second kappa shape index (κ2) is 3.94. The Morgan fingerprint density at radius 3 is 2.56 bits per heavy atom. The molecule has 2 nitrogen and oxygen atoms in total. The Labute approximate surface area is 104 Å². The number of hydrogen-bond donors (Lipinski definition) is 1. The first-order chi connectivity index (χ1) is 7.74. The number of fused-ring (bicyclic) bond motifs is 1. The van der Waals surface area contributed by atoms with Crippen LogP contribution in [0.5, 0.6) is 0 Å². The first-order valence-electron chi connectivity index (χ1n) is 5.59. The number of halogens is 2.